The van der Waals surface area contributed by atoms with Crippen molar-refractivity contribution in [2.75, 3.05) is 19.7 Å². The van der Waals surface area contributed by atoms with Crippen LogP contribution in [-0.2, 0) is 6.42 Å². The molecule has 128 valence electrons. The van der Waals surface area contributed by atoms with Gasteiger partial charge in [0.25, 0.3) is 5.91 Å². The Morgan fingerprint density at radius 2 is 2.21 bits per heavy atom. The average molecular weight is 329 g/mol. The minimum absolute atomic E-state index is 0.0848. The van der Waals surface area contributed by atoms with Gasteiger partial charge in [-0.1, -0.05) is 25.1 Å². The molecule has 1 aromatic heterocycles. The molecule has 1 saturated heterocycles. The van der Waals surface area contributed by atoms with Crippen LogP contribution in [-0.4, -0.2) is 51.4 Å². The van der Waals surface area contributed by atoms with Gasteiger partial charge in [-0.25, -0.2) is 0 Å². The van der Waals surface area contributed by atoms with Crippen molar-refractivity contribution in [2.45, 2.75) is 31.8 Å². The van der Waals surface area contributed by atoms with Crippen molar-refractivity contribution < 1.29 is 14.6 Å². The smallest absolute Gasteiger partial charge is 0.257 e. The number of piperidine rings is 1. The Morgan fingerprint density at radius 1 is 1.42 bits per heavy atom. The fraction of sp³-hybridized carbons (Fsp3) is 0.444. The molecule has 6 nitrogen and oxygen atoms in total. The molecule has 0 unspecified atom stereocenters. The summed E-state index contributed by atoms with van der Waals surface area (Å²) in [7, 11) is 0. The fourth-order valence-electron chi connectivity index (χ4n) is 3.07. The lowest BCUT2D eigenvalue weighted by Gasteiger charge is -2.38. The third-order valence-corrected chi connectivity index (χ3v) is 4.40. The molecule has 2 N–H and O–H groups in total. The summed E-state index contributed by atoms with van der Waals surface area (Å²) in [5, 5.41) is 17.7. The number of rotatable bonds is 5. The molecule has 0 spiro atoms. The molecule has 24 heavy (non-hydrogen) atoms. The first kappa shape index (κ1) is 16.5. The molecule has 0 aliphatic carbocycles. The lowest BCUT2D eigenvalue weighted by molar-refractivity contribution is -0.0532. The van der Waals surface area contributed by atoms with Crippen LogP contribution in [0, 0.1) is 0 Å². The topological polar surface area (TPSA) is 78.5 Å². The Kier molecular flexibility index (Phi) is 4.85. The molecule has 3 rings (SSSR count). The molecule has 2 heterocycles. The van der Waals surface area contributed by atoms with Crippen molar-refractivity contribution in [3.63, 3.8) is 0 Å². The highest BCUT2D eigenvalue weighted by atomic mass is 16.5. The van der Waals surface area contributed by atoms with Crippen LogP contribution in [0.15, 0.2) is 36.5 Å². The largest absolute Gasteiger partial charge is 0.491 e. The highest BCUT2D eigenvalue weighted by Crippen LogP contribution is 2.24. The van der Waals surface area contributed by atoms with Crippen LogP contribution in [0.2, 0.25) is 0 Å². The van der Waals surface area contributed by atoms with Gasteiger partial charge in [-0.15, -0.1) is 0 Å². The van der Waals surface area contributed by atoms with Gasteiger partial charge in [0, 0.05) is 12.2 Å². The predicted octanol–water partition coefficient (Wildman–Crippen LogP) is 2.02. The van der Waals surface area contributed by atoms with Crippen LogP contribution in [0.4, 0.5) is 0 Å². The molecule has 0 saturated carbocycles. The van der Waals surface area contributed by atoms with Crippen molar-refractivity contribution in [2.24, 2.45) is 0 Å². The third-order valence-electron chi connectivity index (χ3n) is 4.40. The number of likely N-dealkylation sites (tertiary alicyclic amines) is 1. The van der Waals surface area contributed by atoms with Crippen molar-refractivity contribution in [3.8, 4) is 5.75 Å². The number of nitrogens with one attached hydrogen (secondary N) is 1. The summed E-state index contributed by atoms with van der Waals surface area (Å²) in [5.41, 5.74) is 0.389. The Hall–Kier alpha value is -2.34. The lowest BCUT2D eigenvalue weighted by Crippen LogP contribution is -2.53. The maximum Gasteiger partial charge on any atom is 0.257 e. The minimum Gasteiger partial charge on any atom is -0.491 e. The average Bonchev–Trinajstić information content (AvgIpc) is 3.09. The van der Waals surface area contributed by atoms with Gasteiger partial charge in [0.1, 0.15) is 18.0 Å². The van der Waals surface area contributed by atoms with E-state index in [2.05, 4.69) is 10.2 Å². The number of hydrogen-bond donors (Lipinski definition) is 2. The number of aromatic amines is 1. The van der Waals surface area contributed by atoms with Gasteiger partial charge in [0.2, 0.25) is 0 Å². The SMILES string of the molecule is CCc1[nH]ncc1C(=O)N1CCC[C@](O)(COc2ccccc2)C1. The van der Waals surface area contributed by atoms with Crippen LogP contribution in [0.25, 0.3) is 0 Å². The summed E-state index contributed by atoms with van der Waals surface area (Å²) in [6.07, 6.45) is 3.65. The zero-order chi connectivity index (χ0) is 17.0. The van der Waals surface area contributed by atoms with Gasteiger partial charge in [-0.05, 0) is 31.4 Å². The van der Waals surface area contributed by atoms with Gasteiger partial charge in [-0.3, -0.25) is 9.89 Å². The molecule has 1 atom stereocenters. The standard InChI is InChI=1S/C18H23N3O3/c1-2-16-15(11-19-20-16)17(22)21-10-6-9-18(23,12-21)13-24-14-7-4-3-5-8-14/h3-5,7-8,11,23H,2,6,9-10,12-13H2,1H3,(H,19,20)/t18-/m1/s1. The molecule has 0 bridgehead atoms. The van der Waals surface area contributed by atoms with Crippen LogP contribution in [0.3, 0.4) is 0 Å². The monoisotopic (exact) mass is 329 g/mol. The molecular formula is C18H23N3O3. The number of carbonyl (C=O) groups excluding carboxylic acids is 1. The molecule has 1 amide bonds. The maximum atomic E-state index is 12.7. The number of H-pyrrole nitrogens is 1. The number of carbonyl (C=O) groups is 1. The van der Waals surface area contributed by atoms with Crippen molar-refractivity contribution in [1.82, 2.24) is 15.1 Å². The van der Waals surface area contributed by atoms with E-state index in [1.165, 1.54) is 0 Å². The van der Waals surface area contributed by atoms with Crippen LogP contribution < -0.4 is 4.74 Å². The number of aryl methyl sites for hydroxylation is 1. The summed E-state index contributed by atoms with van der Waals surface area (Å²) in [6.45, 7) is 3.06. The second kappa shape index (κ2) is 7.05. The van der Waals surface area contributed by atoms with E-state index in [0.717, 1.165) is 24.3 Å². The van der Waals surface area contributed by atoms with Crippen LogP contribution in [0.5, 0.6) is 5.75 Å². The normalized spacial score (nSPS) is 20.8. The quantitative estimate of drug-likeness (QED) is 0.880. The summed E-state index contributed by atoms with van der Waals surface area (Å²) >= 11 is 0. The van der Waals surface area contributed by atoms with E-state index in [1.807, 2.05) is 37.3 Å². The van der Waals surface area contributed by atoms with Crippen molar-refractivity contribution in [3.05, 3.63) is 47.8 Å². The van der Waals surface area contributed by atoms with Crippen molar-refractivity contribution in [1.29, 1.82) is 0 Å². The van der Waals surface area contributed by atoms with Crippen LogP contribution >= 0.6 is 0 Å². The Bertz CT molecular complexity index is 686. The van der Waals surface area contributed by atoms with E-state index in [-0.39, 0.29) is 19.1 Å². The molecule has 1 aliphatic rings. The number of nitrogens with zero attached hydrogens (tertiary/aromatic N) is 2. The molecule has 1 aromatic carbocycles. The number of aromatic nitrogens is 2. The number of para-hydroxylation sites is 1. The zero-order valence-corrected chi connectivity index (χ0v) is 13.9. The summed E-state index contributed by atoms with van der Waals surface area (Å²) in [5.74, 6) is 0.635. The first-order chi connectivity index (χ1) is 11.6. The predicted molar refractivity (Wildman–Crippen MR) is 90.0 cm³/mol. The maximum absolute atomic E-state index is 12.7. The number of β-amino-alcohol motifs (C(OH)–C–C–N with tert-alkyl or cyclic N) is 1. The molecule has 2 aromatic rings. The minimum atomic E-state index is -1.03. The van der Waals surface area contributed by atoms with Gasteiger partial charge >= 0.3 is 0 Å². The van der Waals surface area contributed by atoms with E-state index < -0.39 is 5.60 Å². The van der Waals surface area contributed by atoms with Crippen molar-refractivity contribution >= 4 is 5.91 Å². The van der Waals surface area contributed by atoms with E-state index in [1.54, 1.807) is 11.1 Å². The Labute approximate surface area is 141 Å². The molecule has 6 heteroatoms. The summed E-state index contributed by atoms with van der Waals surface area (Å²) < 4.78 is 5.71. The highest BCUT2D eigenvalue weighted by Gasteiger charge is 2.37. The summed E-state index contributed by atoms with van der Waals surface area (Å²) in [6, 6.07) is 9.41. The lowest BCUT2D eigenvalue weighted by atomic mass is 9.93. The number of aliphatic hydroxyl groups is 1. The Balaban J connectivity index is 1.66. The number of ether oxygens (including phenoxy) is 1. The van der Waals surface area contributed by atoms with Crippen LogP contribution in [0.1, 0.15) is 35.8 Å². The van der Waals surface area contributed by atoms with Gasteiger partial charge in [0.05, 0.1) is 18.3 Å². The van der Waals surface area contributed by atoms with Gasteiger partial charge in [0.15, 0.2) is 0 Å². The molecule has 1 aliphatic heterocycles. The van der Waals surface area contributed by atoms with E-state index in [9.17, 15) is 9.90 Å². The first-order valence-corrected chi connectivity index (χ1v) is 8.33. The second-order valence-electron chi connectivity index (χ2n) is 6.27. The zero-order valence-electron chi connectivity index (χ0n) is 13.9. The molecular weight excluding hydrogens is 306 g/mol. The van der Waals surface area contributed by atoms with E-state index in [4.69, 9.17) is 4.74 Å². The van der Waals surface area contributed by atoms with E-state index >= 15 is 0 Å². The summed E-state index contributed by atoms with van der Waals surface area (Å²) in [4.78, 5) is 14.4. The Morgan fingerprint density at radius 3 is 2.96 bits per heavy atom. The highest BCUT2D eigenvalue weighted by molar-refractivity contribution is 5.95. The van der Waals surface area contributed by atoms with Gasteiger partial charge < -0.3 is 14.7 Å². The number of benzene rings is 1. The van der Waals surface area contributed by atoms with Gasteiger partial charge in [-0.2, -0.15) is 5.10 Å². The third kappa shape index (κ3) is 3.59. The first-order valence-electron chi connectivity index (χ1n) is 8.33. The number of hydrogen-bond acceptors (Lipinski definition) is 4. The molecule has 0 radical (unpaired) electrons. The van der Waals surface area contributed by atoms with E-state index in [0.29, 0.717) is 18.5 Å². The molecule has 1 fully saturated rings. The number of amides is 1. The second-order valence-corrected chi connectivity index (χ2v) is 6.27. The fourth-order valence-corrected chi connectivity index (χ4v) is 3.07.